The molecule has 9 heteroatoms. The van der Waals surface area contributed by atoms with Crippen molar-refractivity contribution in [1.29, 1.82) is 0 Å². The van der Waals surface area contributed by atoms with Crippen LogP contribution in [0.25, 0.3) is 0 Å². The number of ether oxygens (including phenoxy) is 2. The van der Waals surface area contributed by atoms with Crippen LogP contribution in [0, 0.1) is 15.9 Å². The van der Waals surface area contributed by atoms with E-state index in [-0.39, 0.29) is 22.8 Å². The molecule has 1 aromatic carbocycles. The lowest BCUT2D eigenvalue weighted by Gasteiger charge is -2.09. The summed E-state index contributed by atoms with van der Waals surface area (Å²) in [6, 6.07) is 5.06. The summed E-state index contributed by atoms with van der Waals surface area (Å²) in [5.74, 6) is -1.41. The van der Waals surface area contributed by atoms with Crippen molar-refractivity contribution >= 4 is 23.2 Å². The summed E-state index contributed by atoms with van der Waals surface area (Å²) < 4.78 is 23.4. The van der Waals surface area contributed by atoms with Gasteiger partial charge in [0.2, 0.25) is 5.82 Å². The summed E-state index contributed by atoms with van der Waals surface area (Å²) in [6.45, 7) is 2.04. The minimum absolute atomic E-state index is 0.0624. The molecule has 1 N–H and O–H groups in total. The van der Waals surface area contributed by atoms with Gasteiger partial charge in [-0.15, -0.1) is 0 Å². The van der Waals surface area contributed by atoms with E-state index in [0.717, 1.165) is 25.4 Å². The monoisotopic (exact) mass is 335 g/mol. The second-order valence-corrected chi connectivity index (χ2v) is 4.54. The molecule has 0 atom stereocenters. The van der Waals surface area contributed by atoms with Gasteiger partial charge in [0.1, 0.15) is 0 Å². The number of nitrogens with zero attached hydrogens (tertiary/aromatic N) is 2. The predicted octanol–water partition coefficient (Wildman–Crippen LogP) is 3.06. The van der Waals surface area contributed by atoms with E-state index in [1.165, 1.54) is 12.1 Å². The zero-order valence-electron chi connectivity index (χ0n) is 12.9. The minimum atomic E-state index is -0.746. The van der Waals surface area contributed by atoms with E-state index < -0.39 is 22.4 Å². The number of nitrogens with one attached hydrogen (secondary N) is 1. The summed E-state index contributed by atoms with van der Waals surface area (Å²) in [4.78, 5) is 25.7. The molecule has 0 bridgehead atoms. The van der Waals surface area contributed by atoms with E-state index >= 15 is 0 Å². The van der Waals surface area contributed by atoms with E-state index in [0.29, 0.717) is 6.61 Å². The molecule has 0 aliphatic heterocycles. The number of halogens is 1. The third-order valence-electron chi connectivity index (χ3n) is 2.98. The molecule has 0 saturated carbocycles. The third-order valence-corrected chi connectivity index (χ3v) is 2.98. The number of benzene rings is 1. The van der Waals surface area contributed by atoms with Gasteiger partial charge in [0, 0.05) is 24.0 Å². The van der Waals surface area contributed by atoms with Crippen molar-refractivity contribution in [2.75, 3.05) is 19.0 Å². The molecule has 0 saturated heterocycles. The first-order valence-electron chi connectivity index (χ1n) is 6.88. The minimum Gasteiger partial charge on any atom is -0.491 e. The molecule has 0 spiro atoms. The summed E-state index contributed by atoms with van der Waals surface area (Å²) >= 11 is 0. The number of methoxy groups -OCH3 is 1. The number of rotatable bonds is 6. The number of esters is 1. The molecule has 0 radical (unpaired) electrons. The smallest absolute Gasteiger partial charge is 0.339 e. The Balaban J connectivity index is 2.33. The van der Waals surface area contributed by atoms with Crippen LogP contribution in [0.3, 0.4) is 0 Å². The third kappa shape index (κ3) is 3.75. The maximum atomic E-state index is 13.8. The number of nitro groups is 1. The van der Waals surface area contributed by atoms with Crippen molar-refractivity contribution in [2.24, 2.45) is 0 Å². The predicted molar refractivity (Wildman–Crippen MR) is 83.1 cm³/mol. The lowest BCUT2D eigenvalue weighted by Crippen LogP contribution is -2.06. The lowest BCUT2D eigenvalue weighted by molar-refractivity contribution is -0.384. The van der Waals surface area contributed by atoms with Gasteiger partial charge in [-0.1, -0.05) is 0 Å². The molecular formula is C15H14FN3O5. The number of hydrogen-bond donors (Lipinski definition) is 1. The molecule has 2 rings (SSSR count). The Morgan fingerprint density at radius 2 is 2.17 bits per heavy atom. The summed E-state index contributed by atoms with van der Waals surface area (Å²) in [7, 11) is 1.16. The first-order chi connectivity index (χ1) is 11.5. The maximum Gasteiger partial charge on any atom is 0.339 e. The van der Waals surface area contributed by atoms with Crippen LogP contribution >= 0.6 is 0 Å². The average Bonchev–Trinajstić information content (AvgIpc) is 2.57. The van der Waals surface area contributed by atoms with Crippen molar-refractivity contribution < 1.29 is 23.6 Å². The maximum absolute atomic E-state index is 13.8. The average molecular weight is 335 g/mol. The van der Waals surface area contributed by atoms with Gasteiger partial charge in [-0.2, -0.15) is 0 Å². The summed E-state index contributed by atoms with van der Waals surface area (Å²) in [5.41, 5.74) is -0.253. The number of aromatic nitrogens is 1. The van der Waals surface area contributed by atoms with Gasteiger partial charge in [-0.25, -0.2) is 14.2 Å². The number of pyridine rings is 1. The number of hydrogen-bond acceptors (Lipinski definition) is 7. The highest BCUT2D eigenvalue weighted by molar-refractivity contribution is 5.90. The zero-order chi connectivity index (χ0) is 17.7. The molecule has 8 nitrogen and oxygen atoms in total. The van der Waals surface area contributed by atoms with E-state index in [2.05, 4.69) is 15.0 Å². The molecule has 0 aliphatic carbocycles. The Labute approximate surface area is 136 Å². The van der Waals surface area contributed by atoms with Crippen molar-refractivity contribution in [1.82, 2.24) is 4.98 Å². The molecule has 2 aromatic rings. The van der Waals surface area contributed by atoms with Gasteiger partial charge in [0.15, 0.2) is 11.6 Å². The number of anilines is 2. The molecular weight excluding hydrogens is 321 g/mol. The van der Waals surface area contributed by atoms with Crippen LogP contribution in [0.5, 0.6) is 5.75 Å². The molecule has 1 heterocycles. The van der Waals surface area contributed by atoms with Crippen LogP contribution in [0.1, 0.15) is 17.3 Å². The molecule has 0 fully saturated rings. The standard InChI is InChI=1S/C15H14FN3O5/c1-3-24-13-5-4-10(7-11(13)16)18-14-12(19(21)22)6-9(8-17-14)15(20)23-2/h4-8H,3H2,1-2H3,(H,17,18). The van der Waals surface area contributed by atoms with E-state index in [4.69, 9.17) is 4.74 Å². The van der Waals surface area contributed by atoms with Gasteiger partial charge >= 0.3 is 11.7 Å². The Morgan fingerprint density at radius 1 is 1.42 bits per heavy atom. The number of carbonyl (C=O) groups excluding carboxylic acids is 1. The molecule has 126 valence electrons. The quantitative estimate of drug-likeness (QED) is 0.491. The van der Waals surface area contributed by atoms with Gasteiger partial charge < -0.3 is 14.8 Å². The molecule has 0 amide bonds. The Hall–Kier alpha value is -3.23. The number of carbonyl (C=O) groups is 1. The Bertz CT molecular complexity index is 782. The first kappa shape index (κ1) is 17.1. The van der Waals surface area contributed by atoms with Gasteiger partial charge in [-0.05, 0) is 19.1 Å². The molecule has 0 unspecified atom stereocenters. The summed E-state index contributed by atoms with van der Waals surface area (Å²) in [6.07, 6.45) is 1.13. The van der Waals surface area contributed by atoms with Gasteiger partial charge in [0.05, 0.1) is 24.2 Å². The van der Waals surface area contributed by atoms with Crippen molar-refractivity contribution in [3.8, 4) is 5.75 Å². The first-order valence-corrected chi connectivity index (χ1v) is 6.88. The highest BCUT2D eigenvalue weighted by Crippen LogP contribution is 2.28. The second-order valence-electron chi connectivity index (χ2n) is 4.54. The van der Waals surface area contributed by atoms with Crippen LogP contribution in [0.15, 0.2) is 30.5 Å². The van der Waals surface area contributed by atoms with Crippen LogP contribution in [-0.4, -0.2) is 29.6 Å². The zero-order valence-corrected chi connectivity index (χ0v) is 12.9. The van der Waals surface area contributed by atoms with Crippen LogP contribution in [0.2, 0.25) is 0 Å². The van der Waals surface area contributed by atoms with E-state index in [1.807, 2.05) is 0 Å². The highest BCUT2D eigenvalue weighted by atomic mass is 19.1. The Morgan fingerprint density at radius 3 is 2.75 bits per heavy atom. The molecule has 24 heavy (non-hydrogen) atoms. The van der Waals surface area contributed by atoms with E-state index in [1.54, 1.807) is 6.92 Å². The van der Waals surface area contributed by atoms with Crippen LogP contribution < -0.4 is 10.1 Å². The normalized spacial score (nSPS) is 10.1. The molecule has 0 aliphatic rings. The fourth-order valence-corrected chi connectivity index (χ4v) is 1.91. The summed E-state index contributed by atoms with van der Waals surface area (Å²) in [5, 5.41) is 13.8. The van der Waals surface area contributed by atoms with Crippen molar-refractivity contribution in [3.63, 3.8) is 0 Å². The fourth-order valence-electron chi connectivity index (χ4n) is 1.91. The van der Waals surface area contributed by atoms with Crippen LogP contribution in [0.4, 0.5) is 21.6 Å². The highest BCUT2D eigenvalue weighted by Gasteiger charge is 2.20. The van der Waals surface area contributed by atoms with Gasteiger partial charge in [-0.3, -0.25) is 10.1 Å². The molecule has 1 aromatic heterocycles. The van der Waals surface area contributed by atoms with Crippen LogP contribution in [-0.2, 0) is 4.74 Å². The fraction of sp³-hybridized carbons (Fsp3) is 0.200. The SMILES string of the molecule is CCOc1ccc(Nc2ncc(C(=O)OC)cc2[N+](=O)[O-])cc1F. The van der Waals surface area contributed by atoms with Gasteiger partial charge in [0.25, 0.3) is 0 Å². The topological polar surface area (TPSA) is 104 Å². The Kier molecular flexibility index (Phi) is 5.25. The van der Waals surface area contributed by atoms with Crippen molar-refractivity contribution in [3.05, 3.63) is 52.0 Å². The lowest BCUT2D eigenvalue weighted by atomic mass is 10.2. The second kappa shape index (κ2) is 7.36. The van der Waals surface area contributed by atoms with Crippen molar-refractivity contribution in [2.45, 2.75) is 6.92 Å². The largest absolute Gasteiger partial charge is 0.491 e. The van der Waals surface area contributed by atoms with E-state index in [9.17, 15) is 19.3 Å².